The van der Waals surface area contributed by atoms with Crippen molar-refractivity contribution in [1.82, 2.24) is 5.16 Å². The first-order chi connectivity index (χ1) is 8.45. The predicted molar refractivity (Wildman–Crippen MR) is 68.5 cm³/mol. The highest BCUT2D eigenvalue weighted by molar-refractivity contribution is 8.08. The standard InChI is InChI=1S/C9H7ClN2O4S2/c1-5-8(10)9(16-11-5)12-18(14,15)7-2-3-17-6(7)4-13/h2-3,7,12H,1H3. The zero-order valence-electron chi connectivity index (χ0n) is 9.01. The number of hydrogen-bond donors (Lipinski definition) is 1. The van der Waals surface area contributed by atoms with Crippen molar-refractivity contribution in [3.63, 3.8) is 0 Å². The molecule has 9 heteroatoms. The number of anilines is 1. The van der Waals surface area contributed by atoms with E-state index in [9.17, 15) is 13.2 Å². The zero-order chi connectivity index (χ0) is 13.3. The van der Waals surface area contributed by atoms with Crippen molar-refractivity contribution in [2.24, 2.45) is 0 Å². The maximum atomic E-state index is 12.0. The van der Waals surface area contributed by atoms with Crippen molar-refractivity contribution in [1.29, 1.82) is 0 Å². The number of nitrogens with zero attached hydrogens (tertiary/aromatic N) is 1. The van der Waals surface area contributed by atoms with Crippen LogP contribution >= 0.6 is 23.4 Å². The number of nitrogens with one attached hydrogen (secondary N) is 1. The SMILES string of the molecule is Cc1noc(NS(=O)(=O)C2C=CSC2=C=O)c1Cl. The van der Waals surface area contributed by atoms with Crippen molar-refractivity contribution in [2.75, 3.05) is 4.72 Å². The van der Waals surface area contributed by atoms with Crippen molar-refractivity contribution < 1.29 is 17.7 Å². The van der Waals surface area contributed by atoms with E-state index in [0.717, 1.165) is 11.8 Å². The Kier molecular flexibility index (Phi) is 3.54. The highest BCUT2D eigenvalue weighted by Crippen LogP contribution is 2.33. The highest BCUT2D eigenvalue weighted by Gasteiger charge is 2.33. The number of aromatic nitrogens is 1. The molecule has 0 amide bonds. The van der Waals surface area contributed by atoms with Gasteiger partial charge in [0.25, 0.3) is 5.88 Å². The minimum Gasteiger partial charge on any atom is -0.336 e. The van der Waals surface area contributed by atoms with E-state index < -0.39 is 15.3 Å². The molecule has 1 atom stereocenters. The molecule has 0 aliphatic carbocycles. The van der Waals surface area contributed by atoms with Crippen molar-refractivity contribution in [3.8, 4) is 0 Å². The number of sulfonamides is 1. The second kappa shape index (κ2) is 4.81. The number of rotatable bonds is 3. The summed E-state index contributed by atoms with van der Waals surface area (Å²) in [5, 5.41) is 4.04. The van der Waals surface area contributed by atoms with Crippen LogP contribution in [0.25, 0.3) is 0 Å². The molecule has 1 aromatic heterocycles. The molecule has 1 aliphatic heterocycles. The van der Waals surface area contributed by atoms with Crippen LogP contribution in [0.15, 0.2) is 20.9 Å². The van der Waals surface area contributed by atoms with Crippen LogP contribution in [0.3, 0.4) is 0 Å². The maximum Gasteiger partial charge on any atom is 0.257 e. The molecule has 96 valence electrons. The first kappa shape index (κ1) is 13.2. The lowest BCUT2D eigenvalue weighted by Crippen LogP contribution is -2.25. The molecule has 0 bridgehead atoms. The lowest BCUT2D eigenvalue weighted by atomic mass is 10.4. The second-order valence-electron chi connectivity index (χ2n) is 3.39. The molecule has 0 fully saturated rings. The minimum absolute atomic E-state index is 0.0647. The van der Waals surface area contributed by atoms with Gasteiger partial charge in [0.2, 0.25) is 10.0 Å². The van der Waals surface area contributed by atoms with Gasteiger partial charge in [-0.2, -0.15) is 0 Å². The molecular formula is C9H7ClN2O4S2. The Hall–Kier alpha value is -1.21. The zero-order valence-corrected chi connectivity index (χ0v) is 11.4. The van der Waals surface area contributed by atoms with E-state index in [4.69, 9.17) is 16.1 Å². The van der Waals surface area contributed by atoms with Gasteiger partial charge < -0.3 is 4.52 Å². The lowest BCUT2D eigenvalue weighted by molar-refractivity contribution is 0.430. The van der Waals surface area contributed by atoms with Gasteiger partial charge in [0.1, 0.15) is 21.9 Å². The van der Waals surface area contributed by atoms with Crippen LogP contribution in [0, 0.1) is 6.92 Å². The van der Waals surface area contributed by atoms with E-state index in [1.54, 1.807) is 12.9 Å². The molecule has 2 rings (SSSR count). The van der Waals surface area contributed by atoms with Crippen molar-refractivity contribution >= 4 is 45.2 Å². The molecule has 1 N–H and O–H groups in total. The summed E-state index contributed by atoms with van der Waals surface area (Å²) in [6, 6.07) is 0. The average molecular weight is 307 g/mol. The summed E-state index contributed by atoms with van der Waals surface area (Å²) < 4.78 is 30.9. The highest BCUT2D eigenvalue weighted by atomic mass is 35.5. The third kappa shape index (κ3) is 2.32. The first-order valence-corrected chi connectivity index (χ1v) is 7.48. The Morgan fingerprint density at radius 3 is 2.89 bits per heavy atom. The normalized spacial score (nSPS) is 19.0. The summed E-state index contributed by atoms with van der Waals surface area (Å²) in [5.41, 5.74) is 0.372. The van der Waals surface area contributed by atoms with Gasteiger partial charge in [-0.1, -0.05) is 34.6 Å². The fourth-order valence-electron chi connectivity index (χ4n) is 1.28. The largest absolute Gasteiger partial charge is 0.336 e. The Bertz CT molecular complexity index is 658. The molecule has 0 saturated carbocycles. The summed E-state index contributed by atoms with van der Waals surface area (Å²) in [6.07, 6.45) is 1.38. The summed E-state index contributed by atoms with van der Waals surface area (Å²) >= 11 is 6.81. The first-order valence-electron chi connectivity index (χ1n) is 4.67. The van der Waals surface area contributed by atoms with E-state index in [0.29, 0.717) is 5.69 Å². The third-order valence-electron chi connectivity index (χ3n) is 2.17. The van der Waals surface area contributed by atoms with Gasteiger partial charge in [0, 0.05) is 0 Å². The summed E-state index contributed by atoms with van der Waals surface area (Å²) in [5.74, 6) is 1.43. The van der Waals surface area contributed by atoms with Crippen LogP contribution in [0.5, 0.6) is 0 Å². The molecule has 1 aliphatic rings. The van der Waals surface area contributed by atoms with E-state index in [2.05, 4.69) is 9.88 Å². The molecule has 1 aromatic rings. The number of halogens is 1. The fraction of sp³-hybridized carbons (Fsp3) is 0.222. The fourth-order valence-corrected chi connectivity index (χ4v) is 3.88. The topological polar surface area (TPSA) is 89.3 Å². The van der Waals surface area contributed by atoms with Crippen LogP contribution < -0.4 is 4.72 Å². The quantitative estimate of drug-likeness (QED) is 0.855. The van der Waals surface area contributed by atoms with E-state index in [1.165, 1.54) is 11.5 Å². The van der Waals surface area contributed by atoms with Gasteiger partial charge in [-0.15, -0.1) is 0 Å². The number of aryl methyl sites for hydroxylation is 1. The second-order valence-corrected chi connectivity index (χ2v) is 6.52. The van der Waals surface area contributed by atoms with Crippen LogP contribution in [0.1, 0.15) is 5.69 Å². The van der Waals surface area contributed by atoms with Gasteiger partial charge in [0.15, 0.2) is 0 Å². The van der Waals surface area contributed by atoms with Crippen molar-refractivity contribution in [3.05, 3.63) is 27.1 Å². The molecule has 0 aromatic carbocycles. The van der Waals surface area contributed by atoms with Crippen LogP contribution in [0.2, 0.25) is 5.02 Å². The molecule has 0 spiro atoms. The molecule has 0 radical (unpaired) electrons. The van der Waals surface area contributed by atoms with E-state index in [-0.39, 0.29) is 15.8 Å². The molecule has 1 unspecified atom stereocenters. The van der Waals surface area contributed by atoms with Crippen LogP contribution in [0.4, 0.5) is 5.88 Å². The Morgan fingerprint density at radius 1 is 1.61 bits per heavy atom. The summed E-state index contributed by atoms with van der Waals surface area (Å²) in [6.45, 7) is 1.58. The minimum atomic E-state index is -3.86. The van der Waals surface area contributed by atoms with Crippen molar-refractivity contribution in [2.45, 2.75) is 12.2 Å². The molecule has 18 heavy (non-hydrogen) atoms. The Morgan fingerprint density at radius 2 is 2.33 bits per heavy atom. The van der Waals surface area contributed by atoms with E-state index >= 15 is 0 Å². The van der Waals surface area contributed by atoms with Gasteiger partial charge >= 0.3 is 0 Å². The number of thioether (sulfide) groups is 1. The third-order valence-corrected chi connectivity index (χ3v) is 5.18. The molecule has 6 nitrogen and oxygen atoms in total. The van der Waals surface area contributed by atoms with Crippen LogP contribution in [-0.2, 0) is 14.8 Å². The number of hydrogen-bond acceptors (Lipinski definition) is 6. The Labute approximate surface area is 112 Å². The smallest absolute Gasteiger partial charge is 0.257 e. The Balaban J connectivity index is 2.31. The molecule has 0 saturated heterocycles. The molecular weight excluding hydrogens is 300 g/mol. The lowest BCUT2D eigenvalue weighted by Gasteiger charge is -2.09. The maximum absolute atomic E-state index is 12.0. The van der Waals surface area contributed by atoms with Crippen LogP contribution in [-0.4, -0.2) is 24.8 Å². The van der Waals surface area contributed by atoms with E-state index in [1.807, 2.05) is 0 Å². The monoisotopic (exact) mass is 306 g/mol. The van der Waals surface area contributed by atoms with Gasteiger partial charge in [0.05, 0.1) is 4.91 Å². The number of carbonyl (C=O) groups excluding carboxylic acids is 1. The average Bonchev–Trinajstić information content (AvgIpc) is 2.91. The van der Waals surface area contributed by atoms with Gasteiger partial charge in [-0.05, 0) is 12.3 Å². The summed E-state index contributed by atoms with van der Waals surface area (Å²) in [4.78, 5) is 10.7. The summed E-state index contributed by atoms with van der Waals surface area (Å²) in [7, 11) is -3.86. The molecule has 2 heterocycles. The van der Waals surface area contributed by atoms with Gasteiger partial charge in [-0.3, -0.25) is 0 Å². The predicted octanol–water partition coefficient (Wildman–Crippen LogP) is 1.72. The van der Waals surface area contributed by atoms with Gasteiger partial charge in [-0.25, -0.2) is 17.9 Å².